The van der Waals surface area contributed by atoms with Crippen LogP contribution in [-0.4, -0.2) is 33.1 Å². The summed E-state index contributed by atoms with van der Waals surface area (Å²) in [6, 6.07) is 20.7. The number of ether oxygens (including phenoxy) is 1. The number of amides is 2. The van der Waals surface area contributed by atoms with Crippen LogP contribution in [0.3, 0.4) is 0 Å². The first-order chi connectivity index (χ1) is 14.8. The van der Waals surface area contributed by atoms with Gasteiger partial charge >= 0.3 is 0 Å². The first kappa shape index (κ1) is 22.3. The molecular weight excluding hydrogens is 440 g/mol. The number of rotatable bonds is 6. The number of carbonyl (C=O) groups is 2. The predicted molar refractivity (Wildman–Crippen MR) is 118 cm³/mol. The van der Waals surface area contributed by atoms with E-state index < -0.39 is 21.7 Å². The minimum Gasteiger partial charge on any atom is -0.483 e. The van der Waals surface area contributed by atoms with Crippen LogP contribution in [0.25, 0.3) is 11.1 Å². The van der Waals surface area contributed by atoms with E-state index in [4.69, 9.17) is 16.3 Å². The fourth-order valence-electron chi connectivity index (χ4n) is 2.76. The normalized spacial score (nSPS) is 10.9. The molecule has 2 amide bonds. The smallest absolute Gasteiger partial charge is 0.276 e. The average molecular weight is 459 g/mol. The van der Waals surface area contributed by atoms with Crippen LogP contribution in [0.1, 0.15) is 10.4 Å². The molecule has 7 nitrogen and oxygen atoms in total. The van der Waals surface area contributed by atoms with Crippen molar-refractivity contribution in [3.05, 3.63) is 83.4 Å². The molecule has 3 aromatic carbocycles. The number of halogens is 1. The second kappa shape index (κ2) is 9.63. The highest BCUT2D eigenvalue weighted by molar-refractivity contribution is 7.90. The van der Waals surface area contributed by atoms with Gasteiger partial charge in [-0.25, -0.2) is 8.42 Å². The van der Waals surface area contributed by atoms with Gasteiger partial charge in [0.25, 0.3) is 11.8 Å². The minimum atomic E-state index is -3.61. The number of nitrogens with one attached hydrogen (secondary N) is 2. The molecule has 2 N–H and O–H groups in total. The van der Waals surface area contributed by atoms with Gasteiger partial charge in [0.2, 0.25) is 0 Å². The third-order valence-electron chi connectivity index (χ3n) is 4.24. The SMILES string of the molecule is CS(=O)(=O)c1cc(C(=O)NNC(=O)COc2ccccc2-c2ccccc2)ccc1Cl. The lowest BCUT2D eigenvalue weighted by Gasteiger charge is -2.12. The minimum absolute atomic E-state index is 0.00793. The summed E-state index contributed by atoms with van der Waals surface area (Å²) in [4.78, 5) is 24.2. The van der Waals surface area contributed by atoms with Crippen molar-refractivity contribution < 1.29 is 22.7 Å². The lowest BCUT2D eigenvalue weighted by Crippen LogP contribution is -2.43. The molecule has 0 aliphatic carbocycles. The molecule has 0 fully saturated rings. The maximum atomic E-state index is 12.2. The lowest BCUT2D eigenvalue weighted by molar-refractivity contribution is -0.123. The van der Waals surface area contributed by atoms with Gasteiger partial charge in [0.15, 0.2) is 16.4 Å². The lowest BCUT2D eigenvalue weighted by atomic mass is 10.1. The highest BCUT2D eigenvalue weighted by Crippen LogP contribution is 2.29. The van der Waals surface area contributed by atoms with Gasteiger partial charge in [-0.1, -0.05) is 60.1 Å². The van der Waals surface area contributed by atoms with Gasteiger partial charge in [-0.3, -0.25) is 20.4 Å². The molecule has 3 rings (SSSR count). The number of hydrogen-bond donors (Lipinski definition) is 2. The van der Waals surface area contributed by atoms with Crippen molar-refractivity contribution >= 4 is 33.3 Å². The fourth-order valence-corrected chi connectivity index (χ4v) is 4.06. The summed E-state index contributed by atoms with van der Waals surface area (Å²) in [6.45, 7) is -0.334. The van der Waals surface area contributed by atoms with Crippen LogP contribution in [0.15, 0.2) is 77.7 Å². The largest absolute Gasteiger partial charge is 0.483 e. The summed E-state index contributed by atoms with van der Waals surface area (Å²) in [5.74, 6) is -0.765. The zero-order valence-electron chi connectivity index (χ0n) is 16.5. The summed E-state index contributed by atoms with van der Waals surface area (Å²) >= 11 is 5.87. The van der Waals surface area contributed by atoms with Crippen molar-refractivity contribution in [3.63, 3.8) is 0 Å². The van der Waals surface area contributed by atoms with Crippen molar-refractivity contribution in [2.45, 2.75) is 4.90 Å². The Kier molecular flexibility index (Phi) is 6.94. The highest BCUT2D eigenvalue weighted by atomic mass is 35.5. The van der Waals surface area contributed by atoms with Crippen molar-refractivity contribution in [3.8, 4) is 16.9 Å². The van der Waals surface area contributed by atoms with E-state index in [1.54, 1.807) is 12.1 Å². The molecule has 0 spiro atoms. The molecule has 0 aliphatic heterocycles. The number of benzene rings is 3. The van der Waals surface area contributed by atoms with E-state index in [1.807, 2.05) is 42.5 Å². The van der Waals surface area contributed by atoms with Gasteiger partial charge in [-0.2, -0.15) is 0 Å². The summed E-state index contributed by atoms with van der Waals surface area (Å²) in [7, 11) is -3.61. The van der Waals surface area contributed by atoms with E-state index in [-0.39, 0.29) is 22.1 Å². The summed E-state index contributed by atoms with van der Waals surface area (Å²) in [6.07, 6.45) is 0.988. The van der Waals surface area contributed by atoms with Gasteiger partial charge in [-0.15, -0.1) is 0 Å². The molecule has 3 aromatic rings. The van der Waals surface area contributed by atoms with Crippen LogP contribution in [0.4, 0.5) is 0 Å². The molecule has 9 heteroatoms. The summed E-state index contributed by atoms with van der Waals surface area (Å²) in [5.41, 5.74) is 6.26. The first-order valence-corrected chi connectivity index (χ1v) is 11.4. The molecule has 0 aromatic heterocycles. The van der Waals surface area contributed by atoms with E-state index in [9.17, 15) is 18.0 Å². The Morgan fingerprint density at radius 1 is 0.935 bits per heavy atom. The zero-order valence-corrected chi connectivity index (χ0v) is 18.0. The Balaban J connectivity index is 1.60. The molecule has 0 unspecified atom stereocenters. The van der Waals surface area contributed by atoms with Gasteiger partial charge in [0, 0.05) is 17.4 Å². The number of carbonyl (C=O) groups excluding carboxylic acids is 2. The van der Waals surface area contributed by atoms with Crippen LogP contribution in [-0.2, 0) is 14.6 Å². The Hall–Kier alpha value is -3.36. The molecule has 160 valence electrons. The van der Waals surface area contributed by atoms with Gasteiger partial charge in [-0.05, 0) is 29.8 Å². The molecule has 0 bridgehead atoms. The number of hydrazine groups is 1. The Bertz CT molecular complexity index is 1210. The van der Waals surface area contributed by atoms with E-state index in [2.05, 4.69) is 10.9 Å². The fraction of sp³-hybridized carbons (Fsp3) is 0.0909. The number of sulfone groups is 1. The standard InChI is InChI=1S/C22H19ClN2O5S/c1-31(28,29)20-13-16(11-12-18(20)23)22(27)25-24-21(26)14-30-19-10-6-5-9-17(19)15-7-3-2-4-8-15/h2-13H,14H2,1H3,(H,24,26)(H,25,27). The molecule has 0 aliphatic rings. The molecule has 0 saturated carbocycles. The van der Waals surface area contributed by atoms with E-state index in [1.165, 1.54) is 12.1 Å². The molecule has 0 saturated heterocycles. The average Bonchev–Trinajstić information content (AvgIpc) is 2.76. The first-order valence-electron chi connectivity index (χ1n) is 9.12. The van der Waals surface area contributed by atoms with Crippen LogP contribution in [0.2, 0.25) is 5.02 Å². The number of para-hydroxylation sites is 1. The van der Waals surface area contributed by atoms with Gasteiger partial charge < -0.3 is 4.74 Å². The van der Waals surface area contributed by atoms with Crippen molar-refractivity contribution in [1.82, 2.24) is 10.9 Å². The monoisotopic (exact) mass is 458 g/mol. The molecule has 0 heterocycles. The third kappa shape index (κ3) is 5.84. The topological polar surface area (TPSA) is 102 Å². The van der Waals surface area contributed by atoms with E-state index in [0.29, 0.717) is 5.75 Å². The van der Waals surface area contributed by atoms with Crippen molar-refractivity contribution in [1.29, 1.82) is 0 Å². The molecular formula is C22H19ClN2O5S. The predicted octanol–water partition coefficient (Wildman–Crippen LogP) is 3.25. The van der Waals surface area contributed by atoms with Crippen LogP contribution < -0.4 is 15.6 Å². The Morgan fingerprint density at radius 2 is 1.61 bits per heavy atom. The highest BCUT2D eigenvalue weighted by Gasteiger charge is 2.16. The van der Waals surface area contributed by atoms with E-state index in [0.717, 1.165) is 23.4 Å². The maximum Gasteiger partial charge on any atom is 0.276 e. The summed E-state index contributed by atoms with van der Waals surface area (Å²) in [5, 5.41) is 0.00793. The van der Waals surface area contributed by atoms with Gasteiger partial charge in [0.1, 0.15) is 5.75 Å². The molecule has 0 radical (unpaired) electrons. The molecule has 0 atom stereocenters. The maximum absolute atomic E-state index is 12.2. The zero-order chi connectivity index (χ0) is 22.4. The third-order valence-corrected chi connectivity index (χ3v) is 5.82. The Morgan fingerprint density at radius 3 is 2.32 bits per heavy atom. The van der Waals surface area contributed by atoms with Crippen LogP contribution in [0.5, 0.6) is 5.75 Å². The van der Waals surface area contributed by atoms with Crippen molar-refractivity contribution in [2.24, 2.45) is 0 Å². The second-order valence-electron chi connectivity index (χ2n) is 6.57. The van der Waals surface area contributed by atoms with Crippen molar-refractivity contribution in [2.75, 3.05) is 12.9 Å². The number of hydrogen-bond acceptors (Lipinski definition) is 5. The quantitative estimate of drug-likeness (QED) is 0.552. The molecule has 31 heavy (non-hydrogen) atoms. The summed E-state index contributed by atoms with van der Waals surface area (Å²) < 4.78 is 29.1. The van der Waals surface area contributed by atoms with Crippen LogP contribution in [0, 0.1) is 0 Å². The van der Waals surface area contributed by atoms with Crippen LogP contribution >= 0.6 is 11.6 Å². The van der Waals surface area contributed by atoms with Gasteiger partial charge in [0.05, 0.1) is 9.92 Å². The Labute approximate surface area is 184 Å². The second-order valence-corrected chi connectivity index (χ2v) is 8.96. The van der Waals surface area contributed by atoms with E-state index >= 15 is 0 Å².